The van der Waals surface area contributed by atoms with Gasteiger partial charge in [0.2, 0.25) is 0 Å². The quantitative estimate of drug-likeness (QED) is 0.592. The van der Waals surface area contributed by atoms with Crippen LogP contribution in [0.25, 0.3) is 0 Å². The summed E-state index contributed by atoms with van der Waals surface area (Å²) in [4.78, 5) is 32.6. The fraction of sp³-hybridized carbons (Fsp3) is 0.182. The van der Waals surface area contributed by atoms with E-state index in [1.165, 1.54) is 31.4 Å². The van der Waals surface area contributed by atoms with E-state index in [0.29, 0.717) is 0 Å². The normalized spacial score (nSPS) is 10.0. The number of carbonyl (C=O) groups excluding carboxylic acids is 1. The Morgan fingerprint density at radius 1 is 1.06 bits per heavy atom. The summed E-state index contributed by atoms with van der Waals surface area (Å²) in [5.74, 6) is -5.12. The van der Waals surface area contributed by atoms with Gasteiger partial charge < -0.3 is 14.9 Å². The van der Waals surface area contributed by atoms with Crippen LogP contribution >= 0.6 is 0 Å². The molecule has 0 atom stereocenters. The molecule has 0 heterocycles. The summed E-state index contributed by atoms with van der Waals surface area (Å²) in [7, 11) is 1.22. The lowest BCUT2D eigenvalue weighted by Gasteiger charge is -2.08. The fourth-order valence-corrected chi connectivity index (χ4v) is 1.32. The summed E-state index contributed by atoms with van der Waals surface area (Å²) in [6.45, 7) is 0. The third kappa shape index (κ3) is 2.81. The second-order valence-corrected chi connectivity index (χ2v) is 3.22. The van der Waals surface area contributed by atoms with Crippen molar-refractivity contribution in [1.82, 2.24) is 0 Å². The zero-order valence-electron chi connectivity index (χ0n) is 8.91. The largest absolute Gasteiger partial charge is 0.480 e. The summed E-state index contributed by atoms with van der Waals surface area (Å²) < 4.78 is 4.46. The number of benzene rings is 1. The minimum Gasteiger partial charge on any atom is -0.480 e. The van der Waals surface area contributed by atoms with Crippen molar-refractivity contribution >= 4 is 17.9 Å². The van der Waals surface area contributed by atoms with Gasteiger partial charge in [0.1, 0.15) is 0 Å². The van der Waals surface area contributed by atoms with Crippen LogP contribution in [0.5, 0.6) is 0 Å². The molecule has 0 fully saturated rings. The molecule has 0 amide bonds. The number of esters is 1. The first-order chi connectivity index (χ1) is 7.97. The average Bonchev–Trinajstić information content (AvgIpc) is 2.28. The highest BCUT2D eigenvalue weighted by atomic mass is 16.5. The van der Waals surface area contributed by atoms with Crippen LogP contribution in [-0.2, 0) is 14.3 Å². The van der Waals surface area contributed by atoms with E-state index in [0.717, 1.165) is 0 Å². The first-order valence-corrected chi connectivity index (χ1v) is 4.61. The second kappa shape index (κ2) is 5.11. The van der Waals surface area contributed by atoms with Crippen LogP contribution in [0.4, 0.5) is 0 Å². The van der Waals surface area contributed by atoms with Gasteiger partial charge in [-0.25, -0.2) is 4.79 Å². The molecular formula is C11H10O6. The van der Waals surface area contributed by atoms with Gasteiger partial charge in [0.05, 0.1) is 12.7 Å². The van der Waals surface area contributed by atoms with Crippen LogP contribution in [0.3, 0.4) is 0 Å². The van der Waals surface area contributed by atoms with Gasteiger partial charge in [-0.15, -0.1) is 0 Å². The number of carboxylic acid groups (broad SMARTS) is 2. The number of rotatable bonds is 4. The van der Waals surface area contributed by atoms with E-state index in [9.17, 15) is 14.4 Å². The molecule has 6 heteroatoms. The standard InChI is InChI=1S/C11H10O6/c1-17-11(16)7-4-2-6(3-5-7)8(9(12)13)10(14)15/h2-5,8H,1H3,(H,12,13)(H,14,15). The van der Waals surface area contributed by atoms with Crippen molar-refractivity contribution in [3.8, 4) is 0 Å². The van der Waals surface area contributed by atoms with Gasteiger partial charge in [-0.1, -0.05) is 12.1 Å². The van der Waals surface area contributed by atoms with Gasteiger partial charge >= 0.3 is 17.9 Å². The topological polar surface area (TPSA) is 101 Å². The monoisotopic (exact) mass is 238 g/mol. The minimum atomic E-state index is -1.64. The molecule has 0 spiro atoms. The number of hydrogen-bond donors (Lipinski definition) is 2. The van der Waals surface area contributed by atoms with Gasteiger partial charge in [-0.2, -0.15) is 0 Å². The van der Waals surface area contributed by atoms with E-state index in [4.69, 9.17) is 10.2 Å². The molecule has 0 aromatic heterocycles. The number of carbonyl (C=O) groups is 3. The van der Waals surface area contributed by atoms with Crippen molar-refractivity contribution in [3.05, 3.63) is 35.4 Å². The van der Waals surface area contributed by atoms with Crippen LogP contribution in [0.2, 0.25) is 0 Å². The minimum absolute atomic E-state index is 0.0950. The summed E-state index contributed by atoms with van der Waals surface area (Å²) in [6.07, 6.45) is 0. The van der Waals surface area contributed by atoms with Crippen LogP contribution in [0, 0.1) is 0 Å². The number of ether oxygens (including phenoxy) is 1. The highest BCUT2D eigenvalue weighted by Gasteiger charge is 2.27. The molecule has 0 radical (unpaired) electrons. The lowest BCUT2D eigenvalue weighted by molar-refractivity contribution is -0.150. The Morgan fingerprint density at radius 2 is 1.53 bits per heavy atom. The molecule has 0 aliphatic rings. The summed E-state index contributed by atoms with van der Waals surface area (Å²) in [5.41, 5.74) is 0.323. The lowest BCUT2D eigenvalue weighted by Crippen LogP contribution is -2.21. The number of carboxylic acids is 2. The zero-order chi connectivity index (χ0) is 13.0. The number of aliphatic carboxylic acids is 2. The van der Waals surface area contributed by atoms with Gasteiger partial charge in [-0.3, -0.25) is 9.59 Å². The maximum Gasteiger partial charge on any atom is 0.337 e. The Morgan fingerprint density at radius 3 is 1.88 bits per heavy atom. The highest BCUT2D eigenvalue weighted by Crippen LogP contribution is 2.17. The molecule has 0 bridgehead atoms. The molecule has 0 aliphatic carbocycles. The lowest BCUT2D eigenvalue weighted by atomic mass is 9.98. The van der Waals surface area contributed by atoms with Crippen molar-refractivity contribution in [1.29, 1.82) is 0 Å². The SMILES string of the molecule is COC(=O)c1ccc(C(C(=O)O)C(=O)O)cc1. The van der Waals surface area contributed by atoms with Crippen LogP contribution in [-0.4, -0.2) is 35.2 Å². The van der Waals surface area contributed by atoms with E-state index in [1.807, 2.05) is 0 Å². The molecule has 1 rings (SSSR count). The Kier molecular flexibility index (Phi) is 3.82. The molecule has 1 aromatic carbocycles. The molecule has 2 N–H and O–H groups in total. The van der Waals surface area contributed by atoms with Gasteiger partial charge in [-0.05, 0) is 17.7 Å². The number of hydrogen-bond acceptors (Lipinski definition) is 4. The maximum absolute atomic E-state index is 11.1. The molecule has 6 nitrogen and oxygen atoms in total. The maximum atomic E-state index is 11.1. The molecule has 90 valence electrons. The zero-order valence-corrected chi connectivity index (χ0v) is 8.91. The van der Waals surface area contributed by atoms with Crippen molar-refractivity contribution in [2.75, 3.05) is 7.11 Å². The van der Waals surface area contributed by atoms with Crippen molar-refractivity contribution in [3.63, 3.8) is 0 Å². The van der Waals surface area contributed by atoms with Gasteiger partial charge in [0, 0.05) is 0 Å². The molecule has 0 aliphatic heterocycles. The Balaban J connectivity index is 3.04. The van der Waals surface area contributed by atoms with Crippen LogP contribution in [0.15, 0.2) is 24.3 Å². The fourth-order valence-electron chi connectivity index (χ4n) is 1.32. The highest BCUT2D eigenvalue weighted by molar-refractivity contribution is 5.99. The van der Waals surface area contributed by atoms with Crippen LogP contribution in [0.1, 0.15) is 21.8 Å². The van der Waals surface area contributed by atoms with Crippen molar-refractivity contribution < 1.29 is 29.3 Å². The molecule has 0 saturated carbocycles. The molecule has 0 unspecified atom stereocenters. The van der Waals surface area contributed by atoms with Gasteiger partial charge in [0.25, 0.3) is 0 Å². The van der Waals surface area contributed by atoms with E-state index >= 15 is 0 Å². The first kappa shape index (κ1) is 12.7. The second-order valence-electron chi connectivity index (χ2n) is 3.22. The van der Waals surface area contributed by atoms with Crippen LogP contribution < -0.4 is 0 Å². The summed E-state index contributed by atoms with van der Waals surface area (Å²) >= 11 is 0. The smallest absolute Gasteiger partial charge is 0.337 e. The number of methoxy groups -OCH3 is 1. The molecule has 0 saturated heterocycles. The average molecular weight is 238 g/mol. The molecular weight excluding hydrogens is 228 g/mol. The molecule has 17 heavy (non-hydrogen) atoms. The van der Waals surface area contributed by atoms with E-state index in [2.05, 4.69) is 4.74 Å². The third-order valence-corrected chi connectivity index (χ3v) is 2.16. The van der Waals surface area contributed by atoms with E-state index in [1.54, 1.807) is 0 Å². The summed E-state index contributed by atoms with van der Waals surface area (Å²) in [6, 6.07) is 5.19. The first-order valence-electron chi connectivity index (χ1n) is 4.61. The predicted molar refractivity (Wildman–Crippen MR) is 55.8 cm³/mol. The Bertz CT molecular complexity index is 434. The van der Waals surface area contributed by atoms with Crippen molar-refractivity contribution in [2.45, 2.75) is 5.92 Å². The van der Waals surface area contributed by atoms with E-state index in [-0.39, 0.29) is 11.1 Å². The summed E-state index contributed by atoms with van der Waals surface area (Å²) in [5, 5.41) is 17.5. The Hall–Kier alpha value is -2.37. The third-order valence-electron chi connectivity index (χ3n) is 2.16. The van der Waals surface area contributed by atoms with Gasteiger partial charge in [0.15, 0.2) is 5.92 Å². The van der Waals surface area contributed by atoms with Crippen molar-refractivity contribution in [2.24, 2.45) is 0 Å². The predicted octanol–water partition coefficient (Wildman–Crippen LogP) is 0.726. The van der Waals surface area contributed by atoms with E-state index < -0.39 is 23.8 Å². The molecule has 1 aromatic rings. The Labute approximate surface area is 96.4 Å².